The van der Waals surface area contributed by atoms with Gasteiger partial charge in [-0.05, 0) is 23.8 Å². The lowest BCUT2D eigenvalue weighted by molar-refractivity contribution is 0.304. The summed E-state index contributed by atoms with van der Waals surface area (Å²) in [5.74, 6) is 0.0526. The first-order chi connectivity index (χ1) is 8.65. The smallest absolute Gasteiger partial charge is 0.246 e. The molecule has 0 saturated carbocycles. The van der Waals surface area contributed by atoms with Crippen molar-refractivity contribution in [2.75, 3.05) is 11.2 Å². The van der Waals surface area contributed by atoms with Gasteiger partial charge in [0.25, 0.3) is 0 Å². The molecule has 0 radical (unpaired) electrons. The Morgan fingerprint density at radius 2 is 2.28 bits per heavy atom. The molecule has 3 heterocycles. The summed E-state index contributed by atoms with van der Waals surface area (Å²) in [6.07, 6.45) is 1.68. The van der Waals surface area contributed by atoms with E-state index in [1.54, 1.807) is 13.1 Å². The third-order valence-electron chi connectivity index (χ3n) is 2.25. The number of aryl methyl sites for hydroxylation is 1. The Labute approximate surface area is 105 Å². The summed E-state index contributed by atoms with van der Waals surface area (Å²) < 4.78 is 6.06. The van der Waals surface area contributed by atoms with E-state index in [9.17, 15) is 0 Å². The van der Waals surface area contributed by atoms with Gasteiger partial charge in [-0.25, -0.2) is 4.63 Å². The van der Waals surface area contributed by atoms with Gasteiger partial charge < -0.3 is 5.73 Å². The number of hydrogen-bond donors (Lipinski definition) is 3. The Hall–Kier alpha value is -2.36. The van der Waals surface area contributed by atoms with Crippen molar-refractivity contribution in [1.29, 1.82) is 5.41 Å². The number of anilines is 1. The zero-order valence-electron chi connectivity index (χ0n) is 9.21. The summed E-state index contributed by atoms with van der Waals surface area (Å²) >= 11 is 1.31. The molecule has 0 atom stereocenters. The Morgan fingerprint density at radius 1 is 1.44 bits per heavy atom. The average Bonchev–Trinajstić information content (AvgIpc) is 2.74. The molecule has 18 heavy (non-hydrogen) atoms. The highest BCUT2D eigenvalue weighted by Gasteiger charge is 2.20. The summed E-state index contributed by atoms with van der Waals surface area (Å²) in [7, 11) is 0. The van der Waals surface area contributed by atoms with Crippen LogP contribution in [-0.2, 0) is 0 Å². The first-order valence-electron chi connectivity index (χ1n) is 4.90. The van der Waals surface area contributed by atoms with Crippen LogP contribution in [0.15, 0.2) is 16.0 Å². The van der Waals surface area contributed by atoms with E-state index >= 15 is 0 Å². The van der Waals surface area contributed by atoms with E-state index in [1.807, 2.05) is 0 Å². The summed E-state index contributed by atoms with van der Waals surface area (Å²) in [4.78, 5) is 8.58. The summed E-state index contributed by atoms with van der Waals surface area (Å²) in [6, 6.07) is 0. The minimum absolute atomic E-state index is 0.0182. The molecule has 3 rings (SSSR count). The van der Waals surface area contributed by atoms with E-state index in [0.29, 0.717) is 16.5 Å². The van der Waals surface area contributed by atoms with Gasteiger partial charge in [0, 0.05) is 6.20 Å². The normalized spacial score (nSPS) is 13.7. The van der Waals surface area contributed by atoms with Crippen LogP contribution >= 0.6 is 11.8 Å². The van der Waals surface area contributed by atoms with E-state index in [1.165, 1.54) is 16.4 Å². The van der Waals surface area contributed by atoms with Gasteiger partial charge >= 0.3 is 0 Å². The highest BCUT2D eigenvalue weighted by molar-refractivity contribution is 8.08. The van der Waals surface area contributed by atoms with Gasteiger partial charge in [-0.3, -0.25) is 10.8 Å². The molecule has 0 amide bonds. The number of nitrogens with one attached hydrogen (secondary N) is 2. The van der Waals surface area contributed by atoms with Gasteiger partial charge in [0.15, 0.2) is 5.16 Å². The summed E-state index contributed by atoms with van der Waals surface area (Å²) in [5, 5.41) is 15.7. The highest BCUT2D eigenvalue weighted by Crippen LogP contribution is 2.34. The lowest BCUT2D eigenvalue weighted by Gasteiger charge is -2.17. The van der Waals surface area contributed by atoms with Crippen molar-refractivity contribution < 1.29 is 4.63 Å². The summed E-state index contributed by atoms with van der Waals surface area (Å²) in [5.41, 5.74) is 9.68. The van der Waals surface area contributed by atoms with Crippen LogP contribution in [0.4, 0.5) is 5.95 Å². The third-order valence-corrected chi connectivity index (χ3v) is 3.23. The second kappa shape index (κ2) is 3.84. The maximum Gasteiger partial charge on any atom is 0.246 e. The molecule has 10 heteroatoms. The maximum atomic E-state index is 7.65. The number of aromatic nitrogens is 5. The molecule has 0 fully saturated rings. The first-order valence-corrected chi connectivity index (χ1v) is 5.72. The van der Waals surface area contributed by atoms with Gasteiger partial charge in [0.1, 0.15) is 11.4 Å². The number of fused-ring (bicyclic) bond motifs is 1. The predicted molar refractivity (Wildman–Crippen MR) is 62.5 cm³/mol. The van der Waals surface area contributed by atoms with Gasteiger partial charge in [-0.1, -0.05) is 5.16 Å². The zero-order valence-corrected chi connectivity index (χ0v) is 10.0. The van der Waals surface area contributed by atoms with Crippen molar-refractivity contribution in [3.8, 4) is 0 Å². The zero-order chi connectivity index (χ0) is 12.7. The SMILES string of the molecule is Cc1nonc1C1=CNn2c(nc(N)nc2=N)S1. The molecule has 2 aromatic heterocycles. The molecule has 0 saturated heterocycles. The van der Waals surface area contributed by atoms with Gasteiger partial charge in [0.05, 0.1) is 4.91 Å². The van der Waals surface area contributed by atoms with Crippen molar-refractivity contribution in [3.05, 3.63) is 23.2 Å². The monoisotopic (exact) mass is 264 g/mol. The fourth-order valence-electron chi connectivity index (χ4n) is 1.43. The molecular formula is C8H8N8OS. The van der Waals surface area contributed by atoms with E-state index in [4.69, 9.17) is 11.1 Å². The third kappa shape index (κ3) is 1.62. The number of nitrogens with two attached hydrogens (primary N) is 1. The topological polar surface area (TPSA) is 132 Å². The highest BCUT2D eigenvalue weighted by atomic mass is 32.2. The Morgan fingerprint density at radius 3 is 3.00 bits per heavy atom. The molecule has 92 valence electrons. The van der Waals surface area contributed by atoms with Crippen LogP contribution in [0.2, 0.25) is 0 Å². The minimum Gasteiger partial charge on any atom is -0.368 e. The molecule has 0 spiro atoms. The Bertz CT molecular complexity index is 701. The molecule has 1 aliphatic rings. The quantitative estimate of drug-likeness (QED) is 0.638. The number of hydrogen-bond acceptors (Lipinski definition) is 9. The van der Waals surface area contributed by atoms with Gasteiger partial charge in [-0.15, -0.1) is 0 Å². The molecule has 0 bridgehead atoms. The molecule has 9 nitrogen and oxygen atoms in total. The van der Waals surface area contributed by atoms with E-state index in [0.717, 1.165) is 4.91 Å². The largest absolute Gasteiger partial charge is 0.368 e. The second-order valence-corrected chi connectivity index (χ2v) is 4.47. The van der Waals surface area contributed by atoms with Crippen LogP contribution in [0.1, 0.15) is 11.4 Å². The lowest BCUT2D eigenvalue weighted by atomic mass is 10.3. The molecule has 0 unspecified atom stereocenters. The van der Waals surface area contributed by atoms with E-state index in [-0.39, 0.29) is 11.6 Å². The van der Waals surface area contributed by atoms with E-state index < -0.39 is 0 Å². The Balaban J connectivity index is 2.05. The van der Waals surface area contributed by atoms with Crippen LogP contribution in [0.3, 0.4) is 0 Å². The predicted octanol–water partition coefficient (Wildman–Crippen LogP) is -0.321. The van der Waals surface area contributed by atoms with Crippen LogP contribution in [0.25, 0.3) is 4.91 Å². The van der Waals surface area contributed by atoms with Crippen molar-refractivity contribution in [1.82, 2.24) is 25.0 Å². The van der Waals surface area contributed by atoms with Crippen molar-refractivity contribution in [2.45, 2.75) is 12.1 Å². The van der Waals surface area contributed by atoms with E-state index in [2.05, 4.69) is 30.3 Å². The van der Waals surface area contributed by atoms with Crippen LogP contribution in [0, 0.1) is 12.3 Å². The molecule has 1 aliphatic heterocycles. The van der Waals surface area contributed by atoms with Crippen LogP contribution in [0.5, 0.6) is 0 Å². The van der Waals surface area contributed by atoms with Crippen molar-refractivity contribution in [3.63, 3.8) is 0 Å². The van der Waals surface area contributed by atoms with Crippen molar-refractivity contribution in [2.24, 2.45) is 0 Å². The molecule has 0 aliphatic carbocycles. The first kappa shape index (κ1) is 10.8. The van der Waals surface area contributed by atoms with Crippen LogP contribution < -0.4 is 16.8 Å². The number of nitrogens with zero attached hydrogens (tertiary/aromatic N) is 5. The minimum atomic E-state index is -0.0182. The molecule has 4 N–H and O–H groups in total. The number of nitrogen functional groups attached to an aromatic ring is 1. The van der Waals surface area contributed by atoms with Gasteiger partial charge in [0.2, 0.25) is 11.6 Å². The fourth-order valence-corrected chi connectivity index (χ4v) is 2.39. The maximum absolute atomic E-state index is 7.65. The molecule has 0 aromatic carbocycles. The molecular weight excluding hydrogens is 256 g/mol. The standard InChI is InChI=1S/C8H8N8OS/c1-3-5(15-17-14-3)4-2-11-16-7(10)12-6(9)13-8(16)18-4/h2,11H,1H3,(H3,9,10,12). The van der Waals surface area contributed by atoms with Crippen molar-refractivity contribution >= 4 is 22.6 Å². The number of thioether (sulfide) groups is 1. The van der Waals surface area contributed by atoms with Crippen LogP contribution in [-0.4, -0.2) is 25.0 Å². The average molecular weight is 264 g/mol. The van der Waals surface area contributed by atoms with Gasteiger partial charge in [-0.2, -0.15) is 14.6 Å². The second-order valence-electron chi connectivity index (χ2n) is 3.46. The number of rotatable bonds is 1. The lowest BCUT2D eigenvalue weighted by Crippen LogP contribution is -2.33. The summed E-state index contributed by atoms with van der Waals surface area (Å²) in [6.45, 7) is 1.79. The Kier molecular flexibility index (Phi) is 2.30. The molecule has 2 aromatic rings. The fraction of sp³-hybridized carbons (Fsp3) is 0.125.